The molecular formula is C27H27N3O6S. The number of ether oxygens (including phenoxy) is 1. The van der Waals surface area contributed by atoms with E-state index in [9.17, 15) is 23.1 Å². The molecule has 4 rings (SSSR count). The second-order valence-corrected chi connectivity index (χ2v) is 10.7. The predicted octanol–water partition coefficient (Wildman–Crippen LogP) is 2.52. The summed E-state index contributed by atoms with van der Waals surface area (Å²) in [6.45, 7) is 0.430. The molecule has 0 saturated heterocycles. The second kappa shape index (κ2) is 10.9. The Morgan fingerprint density at radius 3 is 2.41 bits per heavy atom. The molecule has 37 heavy (non-hydrogen) atoms. The zero-order valence-corrected chi connectivity index (χ0v) is 21.3. The van der Waals surface area contributed by atoms with E-state index >= 15 is 0 Å². The van der Waals surface area contributed by atoms with Crippen molar-refractivity contribution in [3.63, 3.8) is 0 Å². The van der Waals surface area contributed by atoms with Gasteiger partial charge in [0.05, 0.1) is 23.6 Å². The third kappa shape index (κ3) is 5.87. The molecule has 0 saturated carbocycles. The molecule has 0 aliphatic heterocycles. The molecule has 0 unspecified atom stereocenters. The van der Waals surface area contributed by atoms with Gasteiger partial charge in [0.25, 0.3) is 11.5 Å². The molecule has 10 heteroatoms. The summed E-state index contributed by atoms with van der Waals surface area (Å²) in [6.07, 6.45) is 3.28. The van der Waals surface area contributed by atoms with Crippen molar-refractivity contribution < 1.29 is 23.1 Å². The summed E-state index contributed by atoms with van der Waals surface area (Å²) in [7, 11) is -1.90. The number of nitrogens with zero attached hydrogens (tertiary/aromatic N) is 2. The van der Waals surface area contributed by atoms with Gasteiger partial charge in [0, 0.05) is 26.1 Å². The minimum absolute atomic E-state index is 0.0362. The van der Waals surface area contributed by atoms with E-state index in [0.717, 1.165) is 17.4 Å². The van der Waals surface area contributed by atoms with Gasteiger partial charge in [-0.15, -0.1) is 0 Å². The van der Waals surface area contributed by atoms with E-state index in [1.165, 1.54) is 23.8 Å². The molecule has 0 fully saturated rings. The van der Waals surface area contributed by atoms with Crippen molar-refractivity contribution >= 4 is 26.8 Å². The highest BCUT2D eigenvalue weighted by atomic mass is 32.2. The summed E-state index contributed by atoms with van der Waals surface area (Å²) in [5.41, 5.74) is 1.87. The van der Waals surface area contributed by atoms with E-state index in [4.69, 9.17) is 4.74 Å². The number of hydrogen-bond donors (Lipinski definition) is 2. The molecule has 2 aromatic heterocycles. The first-order valence-electron chi connectivity index (χ1n) is 11.5. The van der Waals surface area contributed by atoms with Crippen LogP contribution < -0.4 is 10.9 Å². The quantitative estimate of drug-likeness (QED) is 0.324. The number of rotatable bonds is 9. The molecule has 2 heterocycles. The van der Waals surface area contributed by atoms with Crippen LogP contribution in [-0.4, -0.2) is 55.5 Å². The van der Waals surface area contributed by atoms with E-state index < -0.39 is 32.6 Å². The third-order valence-corrected chi connectivity index (χ3v) is 7.03. The van der Waals surface area contributed by atoms with Crippen LogP contribution in [0.15, 0.2) is 76.6 Å². The van der Waals surface area contributed by atoms with Crippen LogP contribution in [0.1, 0.15) is 27.0 Å². The number of sulfone groups is 1. The SMILES string of the molecule is COCCNC(=O)c1c(O)c2ncc(Cc3ccccc3)cc2n(Cc2ccc(S(C)(=O)=O)cc2)c1=O. The van der Waals surface area contributed by atoms with Gasteiger partial charge >= 0.3 is 0 Å². The zero-order valence-electron chi connectivity index (χ0n) is 20.5. The monoisotopic (exact) mass is 521 g/mol. The third-order valence-electron chi connectivity index (χ3n) is 5.90. The molecule has 0 bridgehead atoms. The molecule has 1 amide bonds. The average molecular weight is 522 g/mol. The summed E-state index contributed by atoms with van der Waals surface area (Å²) in [5.74, 6) is -1.23. The fraction of sp³-hybridized carbons (Fsp3) is 0.222. The van der Waals surface area contributed by atoms with E-state index in [-0.39, 0.29) is 30.1 Å². The van der Waals surface area contributed by atoms with E-state index in [2.05, 4.69) is 10.3 Å². The number of benzene rings is 2. The number of carbonyl (C=O) groups excluding carboxylic acids is 1. The molecule has 192 valence electrons. The van der Waals surface area contributed by atoms with Crippen molar-refractivity contribution in [2.75, 3.05) is 26.5 Å². The molecule has 0 spiro atoms. The smallest absolute Gasteiger partial charge is 0.268 e. The minimum atomic E-state index is -3.38. The Kier molecular flexibility index (Phi) is 7.70. The van der Waals surface area contributed by atoms with Gasteiger partial charge in [-0.3, -0.25) is 14.6 Å². The van der Waals surface area contributed by atoms with Crippen molar-refractivity contribution in [2.45, 2.75) is 17.9 Å². The van der Waals surface area contributed by atoms with Crippen LogP contribution >= 0.6 is 0 Å². The maximum Gasteiger partial charge on any atom is 0.268 e. The lowest BCUT2D eigenvalue weighted by Gasteiger charge is -2.16. The van der Waals surface area contributed by atoms with Crippen molar-refractivity contribution in [1.82, 2.24) is 14.9 Å². The Hall–Kier alpha value is -4.02. The van der Waals surface area contributed by atoms with Gasteiger partial charge in [-0.1, -0.05) is 42.5 Å². The number of carbonyl (C=O) groups is 1. The molecule has 0 radical (unpaired) electrons. The molecule has 0 aliphatic carbocycles. The van der Waals surface area contributed by atoms with Gasteiger partial charge in [-0.2, -0.15) is 0 Å². The molecule has 0 atom stereocenters. The normalized spacial score (nSPS) is 11.5. The van der Waals surface area contributed by atoms with Crippen LogP contribution in [0, 0.1) is 0 Å². The van der Waals surface area contributed by atoms with Gasteiger partial charge in [0.2, 0.25) is 0 Å². The number of hydrogen-bond acceptors (Lipinski definition) is 7. The number of fused-ring (bicyclic) bond motifs is 1. The average Bonchev–Trinajstić information content (AvgIpc) is 2.87. The van der Waals surface area contributed by atoms with Crippen LogP contribution in [-0.2, 0) is 27.5 Å². The summed E-state index contributed by atoms with van der Waals surface area (Å²) in [4.78, 5) is 31.0. The van der Waals surface area contributed by atoms with Gasteiger partial charge < -0.3 is 19.7 Å². The Morgan fingerprint density at radius 1 is 1.05 bits per heavy atom. The van der Waals surface area contributed by atoms with Crippen molar-refractivity contribution in [3.8, 4) is 5.75 Å². The first-order valence-corrected chi connectivity index (χ1v) is 13.4. The lowest BCUT2D eigenvalue weighted by Crippen LogP contribution is -2.35. The maximum atomic E-state index is 13.6. The van der Waals surface area contributed by atoms with Crippen LogP contribution in [0.5, 0.6) is 5.75 Å². The number of pyridine rings is 2. The number of methoxy groups -OCH3 is 1. The van der Waals surface area contributed by atoms with Gasteiger partial charge in [-0.25, -0.2) is 8.42 Å². The van der Waals surface area contributed by atoms with E-state index in [1.54, 1.807) is 24.4 Å². The number of amides is 1. The summed E-state index contributed by atoms with van der Waals surface area (Å²) in [6, 6.07) is 17.7. The summed E-state index contributed by atoms with van der Waals surface area (Å²) in [5, 5.41) is 13.5. The maximum absolute atomic E-state index is 13.6. The zero-order chi connectivity index (χ0) is 26.6. The topological polar surface area (TPSA) is 128 Å². The van der Waals surface area contributed by atoms with Crippen molar-refractivity contribution in [1.29, 1.82) is 0 Å². The molecule has 2 N–H and O–H groups in total. The first kappa shape index (κ1) is 26.1. The predicted molar refractivity (Wildman–Crippen MR) is 140 cm³/mol. The summed E-state index contributed by atoms with van der Waals surface area (Å²) < 4.78 is 30.0. The number of aromatic nitrogens is 2. The molecule has 9 nitrogen and oxygen atoms in total. The highest BCUT2D eigenvalue weighted by Gasteiger charge is 2.23. The Morgan fingerprint density at radius 2 is 1.76 bits per heavy atom. The number of nitrogens with one attached hydrogen (secondary N) is 1. The molecule has 4 aromatic rings. The molecule has 0 aliphatic rings. The Labute approximate surface area is 214 Å². The lowest BCUT2D eigenvalue weighted by molar-refractivity contribution is 0.0932. The van der Waals surface area contributed by atoms with E-state index in [1.807, 2.05) is 30.3 Å². The van der Waals surface area contributed by atoms with Crippen molar-refractivity contribution in [2.24, 2.45) is 0 Å². The Bertz CT molecular complexity index is 1600. The van der Waals surface area contributed by atoms with Crippen LogP contribution in [0.3, 0.4) is 0 Å². The molecule has 2 aromatic carbocycles. The minimum Gasteiger partial charge on any atom is -0.505 e. The molecular weight excluding hydrogens is 494 g/mol. The van der Waals surface area contributed by atoms with Crippen molar-refractivity contribution in [3.05, 3.63) is 99.5 Å². The van der Waals surface area contributed by atoms with Crippen LogP contribution in [0.25, 0.3) is 11.0 Å². The highest BCUT2D eigenvalue weighted by Crippen LogP contribution is 2.27. The van der Waals surface area contributed by atoms with Crippen LogP contribution in [0.4, 0.5) is 0 Å². The fourth-order valence-corrected chi connectivity index (χ4v) is 4.65. The summed E-state index contributed by atoms with van der Waals surface area (Å²) >= 11 is 0. The van der Waals surface area contributed by atoms with Gasteiger partial charge in [0.1, 0.15) is 11.1 Å². The van der Waals surface area contributed by atoms with Crippen LogP contribution in [0.2, 0.25) is 0 Å². The first-order chi connectivity index (χ1) is 17.7. The second-order valence-electron chi connectivity index (χ2n) is 8.65. The number of aromatic hydroxyl groups is 1. The fourth-order valence-electron chi connectivity index (χ4n) is 4.02. The van der Waals surface area contributed by atoms with Gasteiger partial charge in [0.15, 0.2) is 15.6 Å². The Balaban J connectivity index is 1.84. The van der Waals surface area contributed by atoms with E-state index in [0.29, 0.717) is 17.5 Å². The standard InChI is InChI=1S/C27H27N3O6S/c1-36-13-12-28-26(32)23-25(31)24-22(15-20(16-29-24)14-18-6-4-3-5-7-18)30(27(23)33)17-19-8-10-21(11-9-19)37(2,34)35/h3-11,15-16,31H,12-14,17H2,1-2H3,(H,28,32). The lowest BCUT2D eigenvalue weighted by atomic mass is 10.1. The highest BCUT2D eigenvalue weighted by molar-refractivity contribution is 7.90. The van der Waals surface area contributed by atoms with Gasteiger partial charge in [-0.05, 0) is 41.3 Å². The largest absolute Gasteiger partial charge is 0.505 e.